The van der Waals surface area contributed by atoms with Crippen molar-refractivity contribution in [1.82, 2.24) is 35.0 Å². The van der Waals surface area contributed by atoms with Gasteiger partial charge in [0.1, 0.15) is 6.04 Å². The van der Waals surface area contributed by atoms with Gasteiger partial charge in [-0.2, -0.15) is 0 Å². The van der Waals surface area contributed by atoms with Crippen molar-refractivity contribution in [1.29, 1.82) is 0 Å². The fraction of sp³-hybridized carbons (Fsp3) is 0.484. The molecule has 1 N–H and O–H groups in total. The van der Waals surface area contributed by atoms with Crippen molar-refractivity contribution in [2.75, 3.05) is 33.0 Å². The van der Waals surface area contributed by atoms with Crippen LogP contribution in [0.1, 0.15) is 72.3 Å². The molecule has 2 aliphatic heterocycles. The number of aromatic amines is 1. The Morgan fingerprint density at radius 2 is 1.73 bits per heavy atom. The number of pyridine rings is 1. The zero-order valence-corrected chi connectivity index (χ0v) is 23.8. The van der Waals surface area contributed by atoms with Crippen LogP contribution in [0.3, 0.4) is 0 Å². The molecule has 10 nitrogen and oxygen atoms in total. The lowest BCUT2D eigenvalue weighted by Gasteiger charge is -2.39. The summed E-state index contributed by atoms with van der Waals surface area (Å²) >= 11 is 0. The maximum atomic E-state index is 13.8. The molecule has 0 spiro atoms. The molecular formula is C31H37N7O3. The molecular weight excluding hydrogens is 518 g/mol. The molecule has 4 heterocycles. The van der Waals surface area contributed by atoms with E-state index in [0.717, 1.165) is 84.9 Å². The Labute approximate surface area is 239 Å². The predicted octanol–water partition coefficient (Wildman–Crippen LogP) is 4.27. The summed E-state index contributed by atoms with van der Waals surface area (Å²) in [7, 11) is 0. The molecule has 0 unspecified atom stereocenters. The van der Waals surface area contributed by atoms with Gasteiger partial charge >= 0.3 is 0 Å². The minimum absolute atomic E-state index is 0.0721. The van der Waals surface area contributed by atoms with Gasteiger partial charge in [-0.15, -0.1) is 5.10 Å². The van der Waals surface area contributed by atoms with Crippen LogP contribution in [0, 0.1) is 13.8 Å². The van der Waals surface area contributed by atoms with E-state index < -0.39 is 0 Å². The first-order valence-corrected chi connectivity index (χ1v) is 14.8. The molecule has 4 aromatic rings. The number of benzene rings is 2. The number of rotatable bonds is 6. The van der Waals surface area contributed by atoms with Crippen molar-refractivity contribution in [2.24, 2.45) is 0 Å². The zero-order valence-electron chi connectivity index (χ0n) is 23.8. The molecule has 1 aliphatic carbocycles. The zero-order chi connectivity index (χ0) is 27.9. The van der Waals surface area contributed by atoms with Crippen LogP contribution in [0.25, 0.3) is 10.9 Å². The summed E-state index contributed by atoms with van der Waals surface area (Å²) in [6.07, 6.45) is 5.76. The number of nitrogens with one attached hydrogen (secondary N) is 1. The van der Waals surface area contributed by atoms with E-state index in [0.29, 0.717) is 5.56 Å². The van der Waals surface area contributed by atoms with Crippen molar-refractivity contribution < 1.29 is 9.47 Å². The van der Waals surface area contributed by atoms with E-state index in [1.807, 2.05) is 17.7 Å². The Morgan fingerprint density at radius 3 is 2.56 bits per heavy atom. The maximum Gasteiger partial charge on any atom is 0.253 e. The van der Waals surface area contributed by atoms with Crippen LogP contribution in [0.2, 0.25) is 0 Å². The van der Waals surface area contributed by atoms with Crippen molar-refractivity contribution in [2.45, 2.75) is 64.6 Å². The summed E-state index contributed by atoms with van der Waals surface area (Å²) in [5.74, 6) is 2.40. The summed E-state index contributed by atoms with van der Waals surface area (Å²) in [6, 6.07) is 12.4. The van der Waals surface area contributed by atoms with E-state index in [1.165, 1.54) is 24.8 Å². The van der Waals surface area contributed by atoms with Gasteiger partial charge < -0.3 is 14.5 Å². The molecule has 2 fully saturated rings. The molecule has 7 rings (SSSR count). The Balaban J connectivity index is 1.21. The number of tetrazole rings is 1. The summed E-state index contributed by atoms with van der Waals surface area (Å²) in [5.41, 5.74) is 4.95. The summed E-state index contributed by atoms with van der Waals surface area (Å²) < 4.78 is 13.1. The number of piperazine rings is 1. The second-order valence-electron chi connectivity index (χ2n) is 11.7. The van der Waals surface area contributed by atoms with Crippen LogP contribution in [0.4, 0.5) is 0 Å². The van der Waals surface area contributed by atoms with E-state index >= 15 is 0 Å². The fourth-order valence-electron chi connectivity index (χ4n) is 6.74. The minimum atomic E-state index is -0.326. The predicted molar refractivity (Wildman–Crippen MR) is 155 cm³/mol. The number of nitrogens with zero attached hydrogens (tertiary/aromatic N) is 6. The molecule has 1 saturated heterocycles. The van der Waals surface area contributed by atoms with Gasteiger partial charge in [-0.05, 0) is 72.0 Å². The average Bonchev–Trinajstić information content (AvgIpc) is 3.67. The van der Waals surface area contributed by atoms with Gasteiger partial charge in [0, 0.05) is 43.7 Å². The first kappa shape index (κ1) is 26.2. The van der Waals surface area contributed by atoms with E-state index in [2.05, 4.69) is 67.6 Å². The molecule has 0 radical (unpaired) electrons. The van der Waals surface area contributed by atoms with Crippen LogP contribution in [0.5, 0.6) is 11.5 Å². The summed E-state index contributed by atoms with van der Waals surface area (Å²) in [6.45, 7) is 8.61. The van der Waals surface area contributed by atoms with Crippen molar-refractivity contribution in [3.8, 4) is 11.5 Å². The lowest BCUT2D eigenvalue weighted by atomic mass is 9.94. The largest absolute Gasteiger partial charge is 0.454 e. The Hall–Kier alpha value is -3.76. The first-order chi connectivity index (χ1) is 20.0. The highest BCUT2D eigenvalue weighted by molar-refractivity contribution is 5.85. The lowest BCUT2D eigenvalue weighted by Crippen LogP contribution is -2.48. The van der Waals surface area contributed by atoms with Crippen LogP contribution < -0.4 is 15.0 Å². The van der Waals surface area contributed by atoms with Crippen LogP contribution in [0.15, 0.2) is 41.2 Å². The van der Waals surface area contributed by atoms with Crippen molar-refractivity contribution >= 4 is 10.9 Å². The quantitative estimate of drug-likeness (QED) is 0.376. The molecule has 41 heavy (non-hydrogen) atoms. The van der Waals surface area contributed by atoms with Crippen LogP contribution >= 0.6 is 0 Å². The monoisotopic (exact) mass is 555 g/mol. The molecule has 3 aliphatic rings. The van der Waals surface area contributed by atoms with Gasteiger partial charge in [0.25, 0.3) is 5.56 Å². The smallest absolute Gasteiger partial charge is 0.253 e. The Kier molecular flexibility index (Phi) is 6.96. The van der Waals surface area contributed by atoms with E-state index in [9.17, 15) is 4.79 Å². The Bertz CT molecular complexity index is 1620. The average molecular weight is 556 g/mol. The number of hydrogen-bond donors (Lipinski definition) is 1. The normalized spacial score (nSPS) is 19.2. The summed E-state index contributed by atoms with van der Waals surface area (Å²) in [4.78, 5) is 21.8. The van der Waals surface area contributed by atoms with Gasteiger partial charge in [-0.3, -0.25) is 14.6 Å². The highest BCUT2D eigenvalue weighted by atomic mass is 16.7. The van der Waals surface area contributed by atoms with Gasteiger partial charge in [0.05, 0.1) is 11.6 Å². The molecule has 2 aromatic heterocycles. The lowest BCUT2D eigenvalue weighted by molar-refractivity contribution is 0.0982. The second kappa shape index (κ2) is 10.9. The van der Waals surface area contributed by atoms with Crippen molar-refractivity contribution in [3.63, 3.8) is 0 Å². The topological polar surface area (TPSA) is 101 Å². The number of aryl methyl sites for hydroxylation is 2. The molecule has 10 heteroatoms. The molecule has 1 atom stereocenters. The number of H-pyrrole nitrogens is 1. The molecule has 0 amide bonds. The molecule has 2 aromatic carbocycles. The highest BCUT2D eigenvalue weighted by Crippen LogP contribution is 2.35. The van der Waals surface area contributed by atoms with E-state index in [4.69, 9.17) is 9.47 Å². The fourth-order valence-corrected chi connectivity index (χ4v) is 6.74. The number of hydrogen-bond acceptors (Lipinski definition) is 8. The number of aromatic nitrogens is 5. The maximum absolute atomic E-state index is 13.8. The van der Waals surface area contributed by atoms with Crippen LogP contribution in [-0.4, -0.2) is 68.0 Å². The summed E-state index contributed by atoms with van der Waals surface area (Å²) in [5, 5.41) is 14.3. The molecule has 1 saturated carbocycles. The third-order valence-corrected chi connectivity index (χ3v) is 9.07. The SMILES string of the molecule is Cc1ccc(C)c2[nH]c(=O)c([C@H](c3nnnn3C3CCCCC3)N3CCN(Cc4ccc5c(c4)OCO5)CC3)cc12. The standard InChI is InChI=1S/C31H37N7O3/c1-20-8-9-21(2)28-24(20)17-25(31(39)32-28)29(30-33-34-35-38(30)23-6-4-3-5-7-23)37-14-12-36(13-15-37)18-22-10-11-26-27(16-22)41-19-40-26/h8-11,16-17,23,29H,3-7,12-15,18-19H2,1-2H3,(H,32,39)/t29-/m1/s1. The third-order valence-electron chi connectivity index (χ3n) is 9.07. The van der Waals surface area contributed by atoms with Crippen molar-refractivity contribution in [3.05, 3.63) is 74.8 Å². The number of fused-ring (bicyclic) bond motifs is 2. The first-order valence-electron chi connectivity index (χ1n) is 14.8. The molecule has 0 bridgehead atoms. The highest BCUT2D eigenvalue weighted by Gasteiger charge is 2.34. The Morgan fingerprint density at radius 1 is 0.951 bits per heavy atom. The van der Waals surface area contributed by atoms with Gasteiger partial charge in [-0.1, -0.05) is 37.5 Å². The minimum Gasteiger partial charge on any atom is -0.454 e. The van der Waals surface area contributed by atoms with Gasteiger partial charge in [0.2, 0.25) is 6.79 Å². The van der Waals surface area contributed by atoms with Crippen LogP contribution in [-0.2, 0) is 6.54 Å². The van der Waals surface area contributed by atoms with Gasteiger partial charge in [0.15, 0.2) is 17.3 Å². The van der Waals surface area contributed by atoms with E-state index in [1.54, 1.807) is 0 Å². The third kappa shape index (κ3) is 4.99. The van der Waals surface area contributed by atoms with E-state index in [-0.39, 0.29) is 24.4 Å². The second-order valence-corrected chi connectivity index (χ2v) is 11.7. The van der Waals surface area contributed by atoms with Gasteiger partial charge in [-0.25, -0.2) is 4.68 Å². The number of ether oxygens (including phenoxy) is 2. The molecule has 214 valence electrons.